The van der Waals surface area contributed by atoms with Crippen LogP contribution in [0.4, 0.5) is 14.9 Å². The van der Waals surface area contributed by atoms with Crippen LogP contribution in [0.25, 0.3) is 0 Å². The molecule has 2 amide bonds. The molecule has 3 rings (SSSR count). The molecule has 0 bridgehead atoms. The number of benzene rings is 2. The van der Waals surface area contributed by atoms with E-state index in [1.165, 1.54) is 11.6 Å². The van der Waals surface area contributed by atoms with E-state index in [0.717, 1.165) is 32.4 Å². The molecule has 1 fully saturated rings. The van der Waals surface area contributed by atoms with Crippen molar-refractivity contribution in [3.8, 4) is 0 Å². The number of hydrazine groups is 1. The molecule has 0 aromatic heterocycles. The summed E-state index contributed by atoms with van der Waals surface area (Å²) in [6.45, 7) is 2.45. The summed E-state index contributed by atoms with van der Waals surface area (Å²) >= 11 is 0. The number of carbonyl (C=O) groups is 1. The van der Waals surface area contributed by atoms with Crippen LogP contribution in [0.15, 0.2) is 54.6 Å². The lowest BCUT2D eigenvalue weighted by Crippen LogP contribution is -2.53. The molecule has 2 aromatic carbocycles. The van der Waals surface area contributed by atoms with E-state index in [9.17, 15) is 9.18 Å². The molecule has 0 saturated carbocycles. The van der Waals surface area contributed by atoms with Crippen molar-refractivity contribution in [2.45, 2.75) is 19.3 Å². The summed E-state index contributed by atoms with van der Waals surface area (Å²) in [5.41, 5.74) is 1.50. The van der Waals surface area contributed by atoms with Crippen LogP contribution in [-0.2, 0) is 11.2 Å². The zero-order valence-electron chi connectivity index (χ0n) is 16.3. The molecule has 1 N–H and O–H groups in total. The molecule has 0 aliphatic carbocycles. The minimum absolute atomic E-state index is 0.188. The van der Waals surface area contributed by atoms with Gasteiger partial charge in [-0.25, -0.2) is 14.2 Å². The third-order valence-corrected chi connectivity index (χ3v) is 5.06. The summed E-state index contributed by atoms with van der Waals surface area (Å²) in [5.74, 6) is 0.0330. The average molecular weight is 385 g/mol. The van der Waals surface area contributed by atoms with Crippen LogP contribution >= 0.6 is 0 Å². The number of urea groups is 1. The smallest absolute Gasteiger partial charge is 0.336 e. The first-order valence-electron chi connectivity index (χ1n) is 9.78. The molecule has 28 heavy (non-hydrogen) atoms. The zero-order chi connectivity index (χ0) is 19.8. The number of piperidine rings is 1. The van der Waals surface area contributed by atoms with Gasteiger partial charge in [0.05, 0.1) is 18.8 Å². The first-order chi connectivity index (χ1) is 13.7. The zero-order valence-corrected chi connectivity index (χ0v) is 16.3. The third-order valence-electron chi connectivity index (χ3n) is 5.06. The lowest BCUT2D eigenvalue weighted by molar-refractivity contribution is -0.0266. The molecule has 1 heterocycles. The van der Waals surface area contributed by atoms with Gasteiger partial charge < -0.3 is 10.1 Å². The summed E-state index contributed by atoms with van der Waals surface area (Å²) < 4.78 is 19.1. The molecule has 1 aliphatic heterocycles. The maximum Gasteiger partial charge on any atom is 0.336 e. The first-order valence-corrected chi connectivity index (χ1v) is 9.78. The molecular formula is C22H28FN3O2. The van der Waals surface area contributed by atoms with Gasteiger partial charge in [-0.05, 0) is 42.9 Å². The first kappa shape index (κ1) is 20.3. The fourth-order valence-electron chi connectivity index (χ4n) is 3.67. The predicted octanol–water partition coefficient (Wildman–Crippen LogP) is 4.18. The van der Waals surface area contributed by atoms with Gasteiger partial charge in [0.2, 0.25) is 0 Å². The number of nitrogens with one attached hydrogen (secondary N) is 1. The molecule has 1 aliphatic rings. The summed E-state index contributed by atoms with van der Waals surface area (Å²) in [6.07, 6.45) is 3.15. The van der Waals surface area contributed by atoms with Crippen molar-refractivity contribution in [2.75, 3.05) is 38.7 Å². The van der Waals surface area contributed by atoms with E-state index in [4.69, 9.17) is 4.74 Å². The van der Waals surface area contributed by atoms with Crippen molar-refractivity contribution in [3.63, 3.8) is 0 Å². The average Bonchev–Trinajstić information content (AvgIpc) is 2.71. The van der Waals surface area contributed by atoms with E-state index in [1.54, 1.807) is 30.3 Å². The van der Waals surface area contributed by atoms with Crippen LogP contribution in [0.5, 0.6) is 0 Å². The number of halogens is 1. The number of rotatable bonds is 7. The molecule has 150 valence electrons. The number of ether oxygens (including phenoxy) is 1. The van der Waals surface area contributed by atoms with E-state index < -0.39 is 5.82 Å². The van der Waals surface area contributed by atoms with Crippen LogP contribution in [0.2, 0.25) is 0 Å². The van der Waals surface area contributed by atoms with Crippen LogP contribution in [0.1, 0.15) is 18.4 Å². The number of para-hydroxylation sites is 1. The molecule has 1 saturated heterocycles. The number of amides is 2. The van der Waals surface area contributed by atoms with Gasteiger partial charge in [-0.15, -0.1) is 0 Å². The maximum absolute atomic E-state index is 13.9. The second-order valence-electron chi connectivity index (χ2n) is 7.14. The molecule has 0 radical (unpaired) electrons. The number of methoxy groups -OCH3 is 1. The quantitative estimate of drug-likeness (QED) is 0.778. The Balaban J connectivity index is 1.67. The highest BCUT2D eigenvalue weighted by atomic mass is 19.1. The van der Waals surface area contributed by atoms with Gasteiger partial charge in [-0.1, -0.05) is 42.5 Å². The molecular weight excluding hydrogens is 357 g/mol. The minimum atomic E-state index is -0.442. The lowest BCUT2D eigenvalue weighted by atomic mass is 9.92. The second kappa shape index (κ2) is 10.2. The van der Waals surface area contributed by atoms with Crippen molar-refractivity contribution >= 4 is 11.7 Å². The number of nitrogens with zero attached hydrogens (tertiary/aromatic N) is 2. The van der Waals surface area contributed by atoms with Crippen LogP contribution in [0.3, 0.4) is 0 Å². The minimum Gasteiger partial charge on any atom is -0.383 e. The maximum atomic E-state index is 13.9. The number of hydrogen-bond donors (Lipinski definition) is 1. The van der Waals surface area contributed by atoms with Crippen molar-refractivity contribution < 1.29 is 13.9 Å². The Morgan fingerprint density at radius 2 is 1.96 bits per heavy atom. The van der Waals surface area contributed by atoms with Crippen LogP contribution in [-0.4, -0.2) is 49.4 Å². The largest absolute Gasteiger partial charge is 0.383 e. The van der Waals surface area contributed by atoms with Crippen LogP contribution in [0, 0.1) is 11.7 Å². The molecule has 2 aromatic rings. The molecule has 1 atom stereocenters. The Kier molecular flexibility index (Phi) is 7.39. The summed E-state index contributed by atoms with van der Waals surface area (Å²) in [6, 6.07) is 16.3. The molecule has 1 unspecified atom stereocenters. The van der Waals surface area contributed by atoms with Crippen molar-refractivity contribution in [2.24, 2.45) is 5.92 Å². The van der Waals surface area contributed by atoms with E-state index in [1.807, 2.05) is 6.07 Å². The van der Waals surface area contributed by atoms with Gasteiger partial charge in [0.15, 0.2) is 0 Å². The summed E-state index contributed by atoms with van der Waals surface area (Å²) in [7, 11) is 1.61. The summed E-state index contributed by atoms with van der Waals surface area (Å²) in [4.78, 5) is 12.9. The SMILES string of the molecule is COCCN(C(=O)Nc1ccccc1F)N1CCCC(Cc2ccccc2)C1. The van der Waals surface area contributed by atoms with Gasteiger partial charge in [-0.2, -0.15) is 0 Å². The highest BCUT2D eigenvalue weighted by molar-refractivity contribution is 5.89. The number of anilines is 1. The normalized spacial score (nSPS) is 17.3. The Hall–Kier alpha value is -2.44. The Morgan fingerprint density at radius 1 is 1.21 bits per heavy atom. The van der Waals surface area contributed by atoms with Crippen LogP contribution < -0.4 is 5.32 Å². The molecule has 5 nitrogen and oxygen atoms in total. The Bertz CT molecular complexity index is 756. The fourth-order valence-corrected chi connectivity index (χ4v) is 3.67. The van der Waals surface area contributed by atoms with Gasteiger partial charge in [0, 0.05) is 20.2 Å². The number of carbonyl (C=O) groups excluding carboxylic acids is 1. The van der Waals surface area contributed by atoms with Crippen molar-refractivity contribution in [3.05, 3.63) is 66.0 Å². The monoisotopic (exact) mass is 385 g/mol. The van der Waals surface area contributed by atoms with Crippen molar-refractivity contribution in [1.29, 1.82) is 0 Å². The highest BCUT2D eigenvalue weighted by Gasteiger charge is 2.28. The second-order valence-corrected chi connectivity index (χ2v) is 7.14. The summed E-state index contributed by atoms with van der Waals surface area (Å²) in [5, 5.41) is 6.43. The van der Waals surface area contributed by atoms with Gasteiger partial charge in [0.25, 0.3) is 0 Å². The van der Waals surface area contributed by atoms with E-state index in [2.05, 4.69) is 34.6 Å². The van der Waals surface area contributed by atoms with Gasteiger partial charge in [-0.3, -0.25) is 5.01 Å². The van der Waals surface area contributed by atoms with E-state index in [0.29, 0.717) is 19.1 Å². The van der Waals surface area contributed by atoms with Crippen molar-refractivity contribution in [1.82, 2.24) is 10.0 Å². The lowest BCUT2D eigenvalue weighted by Gasteiger charge is -2.40. The topological polar surface area (TPSA) is 44.8 Å². The molecule has 6 heteroatoms. The fraction of sp³-hybridized carbons (Fsp3) is 0.409. The standard InChI is InChI=1S/C22H28FN3O2/c1-28-15-14-26(22(27)24-21-12-6-5-11-20(21)23)25-13-7-10-19(17-25)16-18-8-3-2-4-9-18/h2-6,8-9,11-12,19H,7,10,13-17H2,1H3,(H,24,27). The van der Waals surface area contributed by atoms with E-state index in [-0.39, 0.29) is 11.7 Å². The Morgan fingerprint density at radius 3 is 2.71 bits per heavy atom. The number of hydrogen-bond acceptors (Lipinski definition) is 3. The third kappa shape index (κ3) is 5.53. The highest BCUT2D eigenvalue weighted by Crippen LogP contribution is 2.23. The van der Waals surface area contributed by atoms with E-state index >= 15 is 0 Å². The Labute approximate surface area is 166 Å². The van der Waals surface area contributed by atoms with Gasteiger partial charge in [0.1, 0.15) is 5.82 Å². The predicted molar refractivity (Wildman–Crippen MR) is 108 cm³/mol. The van der Waals surface area contributed by atoms with Gasteiger partial charge >= 0.3 is 6.03 Å². The molecule has 0 spiro atoms.